The predicted octanol–water partition coefficient (Wildman–Crippen LogP) is 1.39. The third-order valence-corrected chi connectivity index (χ3v) is 4.43. The summed E-state index contributed by atoms with van der Waals surface area (Å²) < 4.78 is 0. The molecule has 0 saturated heterocycles. The lowest BCUT2D eigenvalue weighted by Crippen LogP contribution is -2.30. The van der Waals surface area contributed by atoms with Crippen LogP contribution in [0.4, 0.5) is 0 Å². The molecule has 13 heavy (non-hydrogen) atoms. The van der Waals surface area contributed by atoms with Gasteiger partial charge in [-0.25, -0.2) is 0 Å². The molecule has 2 nitrogen and oxygen atoms in total. The number of rotatable bonds is 2. The zero-order valence-electron chi connectivity index (χ0n) is 7.50. The fourth-order valence-electron chi connectivity index (χ4n) is 3.74. The number of fused-ring (bicyclic) bond motifs is 5. The molecule has 0 aromatic heterocycles. The van der Waals surface area contributed by atoms with Crippen molar-refractivity contribution in [3.8, 4) is 0 Å². The molecule has 0 spiro atoms. The van der Waals surface area contributed by atoms with Crippen LogP contribution in [-0.4, -0.2) is 17.8 Å². The number of nitrogens with one attached hydrogen (secondary N) is 1. The van der Waals surface area contributed by atoms with E-state index in [-0.39, 0.29) is 11.8 Å². The minimum atomic E-state index is 0.0143. The minimum Gasteiger partial charge on any atom is -0.352 e. The first-order chi connectivity index (χ1) is 6.31. The van der Waals surface area contributed by atoms with Gasteiger partial charge in [-0.05, 0) is 42.9 Å². The molecule has 4 atom stereocenters. The fraction of sp³-hybridized carbons (Fsp3) is 0.900. The van der Waals surface area contributed by atoms with E-state index in [9.17, 15) is 4.79 Å². The first-order valence-corrected chi connectivity index (χ1v) is 5.70. The first-order valence-electron chi connectivity index (χ1n) is 5.16. The number of alkyl halides is 1. The van der Waals surface area contributed by atoms with Crippen LogP contribution in [0.3, 0.4) is 0 Å². The van der Waals surface area contributed by atoms with Gasteiger partial charge in [0.1, 0.15) is 5.88 Å². The van der Waals surface area contributed by atoms with Crippen molar-refractivity contribution in [2.75, 3.05) is 5.88 Å². The van der Waals surface area contributed by atoms with Gasteiger partial charge in [0.15, 0.2) is 0 Å². The summed E-state index contributed by atoms with van der Waals surface area (Å²) in [5.41, 5.74) is 0. The molecule has 3 aliphatic carbocycles. The zero-order valence-corrected chi connectivity index (χ0v) is 8.26. The number of amides is 1. The molecule has 0 aromatic rings. The highest BCUT2D eigenvalue weighted by Crippen LogP contribution is 2.65. The zero-order chi connectivity index (χ0) is 9.00. The number of hydrogen-bond donors (Lipinski definition) is 1. The second-order valence-electron chi connectivity index (χ2n) is 4.71. The van der Waals surface area contributed by atoms with Gasteiger partial charge in [-0.2, -0.15) is 0 Å². The molecule has 0 heterocycles. The van der Waals surface area contributed by atoms with Crippen LogP contribution in [-0.2, 0) is 4.79 Å². The van der Waals surface area contributed by atoms with Crippen molar-refractivity contribution in [3.63, 3.8) is 0 Å². The van der Waals surface area contributed by atoms with Crippen molar-refractivity contribution in [2.45, 2.75) is 25.3 Å². The van der Waals surface area contributed by atoms with Crippen LogP contribution < -0.4 is 5.32 Å². The van der Waals surface area contributed by atoms with Gasteiger partial charge in [0.25, 0.3) is 0 Å². The Morgan fingerprint density at radius 1 is 1.31 bits per heavy atom. The Labute approximate surface area is 83.0 Å². The fourth-order valence-corrected chi connectivity index (χ4v) is 3.82. The summed E-state index contributed by atoms with van der Waals surface area (Å²) >= 11 is 5.46. The Bertz CT molecular complexity index is 239. The second-order valence-corrected chi connectivity index (χ2v) is 4.98. The van der Waals surface area contributed by atoms with Crippen LogP contribution >= 0.6 is 11.6 Å². The summed E-state index contributed by atoms with van der Waals surface area (Å²) in [4.78, 5) is 11.1. The molecule has 72 valence electrons. The van der Waals surface area contributed by atoms with E-state index < -0.39 is 0 Å². The van der Waals surface area contributed by atoms with Gasteiger partial charge in [-0.1, -0.05) is 0 Å². The monoisotopic (exact) mass is 199 g/mol. The van der Waals surface area contributed by atoms with Gasteiger partial charge in [-0.15, -0.1) is 11.6 Å². The van der Waals surface area contributed by atoms with Crippen LogP contribution in [0.1, 0.15) is 19.3 Å². The maximum Gasteiger partial charge on any atom is 0.235 e. The smallest absolute Gasteiger partial charge is 0.235 e. The van der Waals surface area contributed by atoms with Gasteiger partial charge in [-0.3, -0.25) is 4.79 Å². The number of carbonyl (C=O) groups is 1. The van der Waals surface area contributed by atoms with E-state index in [4.69, 9.17) is 11.6 Å². The average Bonchev–Trinajstić information content (AvgIpc) is 2.60. The summed E-state index contributed by atoms with van der Waals surface area (Å²) in [7, 11) is 0. The number of hydrogen-bond acceptors (Lipinski definition) is 1. The van der Waals surface area contributed by atoms with Crippen LogP contribution in [0, 0.1) is 23.7 Å². The number of carbonyl (C=O) groups excluding carboxylic acids is 1. The second kappa shape index (κ2) is 2.63. The maximum absolute atomic E-state index is 11.1. The van der Waals surface area contributed by atoms with Crippen LogP contribution in [0.2, 0.25) is 0 Å². The van der Waals surface area contributed by atoms with Crippen molar-refractivity contribution in [2.24, 2.45) is 23.7 Å². The average molecular weight is 200 g/mol. The van der Waals surface area contributed by atoms with Crippen LogP contribution in [0.15, 0.2) is 0 Å². The van der Waals surface area contributed by atoms with Crippen molar-refractivity contribution in [1.82, 2.24) is 5.32 Å². The molecule has 0 aromatic carbocycles. The lowest BCUT2D eigenvalue weighted by Gasteiger charge is -2.08. The molecular formula is C10H14ClNO. The third-order valence-electron chi connectivity index (χ3n) is 4.18. The Kier molecular flexibility index (Phi) is 1.64. The first kappa shape index (κ1) is 8.10. The van der Waals surface area contributed by atoms with E-state index in [1.807, 2.05) is 0 Å². The van der Waals surface area contributed by atoms with Crippen LogP contribution in [0.25, 0.3) is 0 Å². The lowest BCUT2D eigenvalue weighted by atomic mass is 10.0. The lowest BCUT2D eigenvalue weighted by molar-refractivity contribution is -0.119. The van der Waals surface area contributed by atoms with E-state index in [2.05, 4.69) is 5.32 Å². The molecule has 2 bridgehead atoms. The van der Waals surface area contributed by atoms with Gasteiger partial charge in [0.2, 0.25) is 5.91 Å². The highest BCUT2D eigenvalue weighted by molar-refractivity contribution is 6.27. The largest absolute Gasteiger partial charge is 0.352 e. The quantitative estimate of drug-likeness (QED) is 0.670. The summed E-state index contributed by atoms with van der Waals surface area (Å²) in [6.45, 7) is 0. The normalized spacial score (nSPS) is 50.4. The molecule has 1 N–H and O–H groups in total. The minimum absolute atomic E-state index is 0.0143. The summed E-state index contributed by atoms with van der Waals surface area (Å²) in [5, 5.41) is 3.04. The van der Waals surface area contributed by atoms with Crippen molar-refractivity contribution in [3.05, 3.63) is 0 Å². The maximum atomic E-state index is 11.1. The summed E-state index contributed by atoms with van der Waals surface area (Å²) in [5.74, 6) is 3.63. The molecule has 3 rings (SSSR count). The summed E-state index contributed by atoms with van der Waals surface area (Å²) in [6, 6.07) is 0.498. The van der Waals surface area contributed by atoms with Gasteiger partial charge >= 0.3 is 0 Å². The Hall–Kier alpha value is -0.240. The van der Waals surface area contributed by atoms with E-state index >= 15 is 0 Å². The Balaban J connectivity index is 1.64. The molecule has 0 aliphatic heterocycles. The molecule has 0 radical (unpaired) electrons. The molecule has 1 amide bonds. The Morgan fingerprint density at radius 3 is 2.46 bits per heavy atom. The summed E-state index contributed by atoms with van der Waals surface area (Å²) in [6.07, 6.45) is 4.24. The van der Waals surface area contributed by atoms with Gasteiger partial charge in [0, 0.05) is 6.04 Å². The molecule has 3 saturated carbocycles. The van der Waals surface area contributed by atoms with Crippen LogP contribution in [0.5, 0.6) is 0 Å². The van der Waals surface area contributed by atoms with Crippen molar-refractivity contribution < 1.29 is 4.79 Å². The predicted molar refractivity (Wildman–Crippen MR) is 50.5 cm³/mol. The van der Waals surface area contributed by atoms with Gasteiger partial charge < -0.3 is 5.32 Å². The molecule has 4 unspecified atom stereocenters. The van der Waals surface area contributed by atoms with E-state index in [1.165, 1.54) is 19.3 Å². The highest BCUT2D eigenvalue weighted by atomic mass is 35.5. The Morgan fingerprint density at radius 2 is 1.92 bits per heavy atom. The van der Waals surface area contributed by atoms with E-state index in [1.54, 1.807) is 0 Å². The van der Waals surface area contributed by atoms with Crippen molar-refractivity contribution >= 4 is 17.5 Å². The third kappa shape index (κ3) is 1.04. The molecule has 3 fully saturated rings. The topological polar surface area (TPSA) is 29.1 Å². The van der Waals surface area contributed by atoms with Crippen molar-refractivity contribution in [1.29, 1.82) is 0 Å². The molecule has 3 aliphatic rings. The van der Waals surface area contributed by atoms with Gasteiger partial charge in [0.05, 0.1) is 0 Å². The van der Waals surface area contributed by atoms with E-state index in [0.717, 1.165) is 23.7 Å². The SMILES string of the molecule is O=C(CCl)NC1C2C3CCC(C3)C12. The molecular weight excluding hydrogens is 186 g/mol. The van der Waals surface area contributed by atoms with E-state index in [0.29, 0.717) is 6.04 Å². The standard InChI is InChI=1S/C10H14ClNO/c11-4-7(13)12-10-8-5-1-2-6(3-5)9(8)10/h5-6,8-10H,1-4H2,(H,12,13). The highest BCUT2D eigenvalue weighted by Gasteiger charge is 2.65. The molecule has 3 heteroatoms. The number of halogens is 1.